The zero-order valence-electron chi connectivity index (χ0n) is 18.1. The van der Waals surface area contributed by atoms with Gasteiger partial charge < -0.3 is 19.3 Å². The van der Waals surface area contributed by atoms with Gasteiger partial charge in [0.05, 0.1) is 13.7 Å². The summed E-state index contributed by atoms with van der Waals surface area (Å²) >= 11 is 6.18. The van der Waals surface area contributed by atoms with E-state index in [1.807, 2.05) is 41.3 Å². The van der Waals surface area contributed by atoms with E-state index in [1.165, 1.54) is 5.56 Å². The van der Waals surface area contributed by atoms with Gasteiger partial charge in [-0.15, -0.1) is 0 Å². The number of nitrogens with zero attached hydrogens (tertiary/aromatic N) is 2. The summed E-state index contributed by atoms with van der Waals surface area (Å²) in [5.41, 5.74) is 3.93. The zero-order valence-corrected chi connectivity index (χ0v) is 18.9. The van der Waals surface area contributed by atoms with Gasteiger partial charge in [-0.1, -0.05) is 31.0 Å². The first-order valence-corrected chi connectivity index (χ1v) is 11.0. The molecule has 1 amide bonds. The molecule has 6 heteroatoms. The average Bonchev–Trinajstić information content (AvgIpc) is 2.78. The molecule has 0 aromatic heterocycles. The molecule has 0 unspecified atom stereocenters. The molecule has 0 saturated carbocycles. The molecule has 2 aromatic carbocycles. The van der Waals surface area contributed by atoms with E-state index in [0.717, 1.165) is 48.0 Å². The summed E-state index contributed by atoms with van der Waals surface area (Å²) in [6.45, 7) is 8.32. The first-order chi connectivity index (χ1) is 14.5. The van der Waals surface area contributed by atoms with E-state index in [0.29, 0.717) is 31.9 Å². The van der Waals surface area contributed by atoms with Gasteiger partial charge in [-0.25, -0.2) is 0 Å². The van der Waals surface area contributed by atoms with Gasteiger partial charge in [-0.2, -0.15) is 0 Å². The molecule has 2 aromatic rings. The van der Waals surface area contributed by atoms with Crippen LogP contribution in [-0.2, 0) is 11.3 Å². The summed E-state index contributed by atoms with van der Waals surface area (Å²) in [5, 5.41) is 0.737. The number of halogens is 1. The predicted octanol–water partition coefficient (Wildman–Crippen LogP) is 4.94. The number of amides is 1. The van der Waals surface area contributed by atoms with Crippen molar-refractivity contribution in [3.05, 3.63) is 58.1 Å². The second-order valence-electron chi connectivity index (χ2n) is 7.64. The molecule has 30 heavy (non-hydrogen) atoms. The van der Waals surface area contributed by atoms with Crippen LogP contribution in [0.4, 0.5) is 5.69 Å². The molecule has 1 aliphatic heterocycles. The lowest BCUT2D eigenvalue weighted by Crippen LogP contribution is -2.49. The van der Waals surface area contributed by atoms with Gasteiger partial charge in [0.25, 0.3) is 5.91 Å². The molecule has 1 heterocycles. The van der Waals surface area contributed by atoms with Gasteiger partial charge in [0, 0.05) is 54.6 Å². The van der Waals surface area contributed by atoms with Crippen molar-refractivity contribution in [2.24, 2.45) is 0 Å². The molecular weight excluding hydrogens is 400 g/mol. The maximum Gasteiger partial charge on any atom is 0.253 e. The number of carbonyl (C=O) groups excluding carboxylic acids is 1. The number of hydrogen-bond donors (Lipinski definition) is 0. The standard InChI is InChI=1S/C24H31ClN2O3/c1-4-5-14-30-17-20-15-19(7-9-23(20)29-3)24(28)27-12-10-26(11-13-27)22-16-21(25)8-6-18(22)2/h6-9,15-16H,4-5,10-14,17H2,1-3H3. The van der Waals surface area contributed by atoms with Crippen LogP contribution in [0.5, 0.6) is 5.75 Å². The summed E-state index contributed by atoms with van der Waals surface area (Å²) in [7, 11) is 1.64. The highest BCUT2D eigenvalue weighted by molar-refractivity contribution is 6.30. The first kappa shape index (κ1) is 22.4. The van der Waals surface area contributed by atoms with Crippen LogP contribution in [0.15, 0.2) is 36.4 Å². The van der Waals surface area contributed by atoms with Gasteiger partial charge in [-0.3, -0.25) is 4.79 Å². The van der Waals surface area contributed by atoms with Crippen LogP contribution >= 0.6 is 11.6 Å². The number of unbranched alkanes of at least 4 members (excludes halogenated alkanes) is 1. The fraction of sp³-hybridized carbons (Fsp3) is 0.458. The molecule has 1 aliphatic rings. The molecule has 1 fully saturated rings. The molecule has 0 atom stereocenters. The summed E-state index contributed by atoms with van der Waals surface area (Å²) in [6, 6.07) is 11.6. The van der Waals surface area contributed by atoms with Crippen LogP contribution in [-0.4, -0.2) is 50.7 Å². The third-order valence-corrected chi connectivity index (χ3v) is 5.74. The number of anilines is 1. The van der Waals surface area contributed by atoms with Crippen molar-refractivity contribution < 1.29 is 14.3 Å². The largest absolute Gasteiger partial charge is 0.496 e. The average molecular weight is 431 g/mol. The van der Waals surface area contributed by atoms with E-state index in [4.69, 9.17) is 21.1 Å². The first-order valence-electron chi connectivity index (χ1n) is 10.6. The highest BCUT2D eigenvalue weighted by Crippen LogP contribution is 2.26. The van der Waals surface area contributed by atoms with Crippen molar-refractivity contribution >= 4 is 23.2 Å². The van der Waals surface area contributed by atoms with E-state index in [9.17, 15) is 4.79 Å². The predicted molar refractivity (Wildman–Crippen MR) is 122 cm³/mol. The molecule has 1 saturated heterocycles. The Labute approximate surface area is 184 Å². The second-order valence-corrected chi connectivity index (χ2v) is 8.08. The fourth-order valence-corrected chi connectivity index (χ4v) is 3.88. The molecule has 5 nitrogen and oxygen atoms in total. The molecule has 0 spiro atoms. The van der Waals surface area contributed by atoms with Crippen molar-refractivity contribution in [2.45, 2.75) is 33.3 Å². The molecule has 3 rings (SSSR count). The Balaban J connectivity index is 1.65. The van der Waals surface area contributed by atoms with Crippen LogP contribution in [0.2, 0.25) is 5.02 Å². The summed E-state index contributed by atoms with van der Waals surface area (Å²) in [6.07, 6.45) is 2.12. The maximum atomic E-state index is 13.1. The topological polar surface area (TPSA) is 42.0 Å². The molecule has 0 N–H and O–H groups in total. The Bertz CT molecular complexity index is 864. The molecule has 0 radical (unpaired) electrons. The highest BCUT2D eigenvalue weighted by atomic mass is 35.5. The normalized spacial score (nSPS) is 14.1. The van der Waals surface area contributed by atoms with Crippen molar-refractivity contribution in [1.82, 2.24) is 4.90 Å². The van der Waals surface area contributed by atoms with E-state index in [2.05, 4.69) is 18.7 Å². The smallest absolute Gasteiger partial charge is 0.253 e. The van der Waals surface area contributed by atoms with E-state index in [1.54, 1.807) is 7.11 Å². The number of rotatable bonds is 8. The van der Waals surface area contributed by atoms with Crippen molar-refractivity contribution in [3.8, 4) is 5.75 Å². The van der Waals surface area contributed by atoms with Crippen molar-refractivity contribution in [3.63, 3.8) is 0 Å². The van der Waals surface area contributed by atoms with Crippen molar-refractivity contribution in [2.75, 3.05) is 44.8 Å². The SMILES string of the molecule is CCCCOCc1cc(C(=O)N2CCN(c3cc(Cl)ccc3C)CC2)ccc1OC. The molecule has 0 bridgehead atoms. The quantitative estimate of drug-likeness (QED) is 0.556. The Morgan fingerprint density at radius 3 is 2.57 bits per heavy atom. The number of aryl methyl sites for hydroxylation is 1. The van der Waals surface area contributed by atoms with Gasteiger partial charge in [0.1, 0.15) is 5.75 Å². The zero-order chi connectivity index (χ0) is 21.5. The Hall–Kier alpha value is -2.24. The van der Waals surface area contributed by atoms with Crippen LogP contribution in [0.1, 0.15) is 41.3 Å². The summed E-state index contributed by atoms with van der Waals surface area (Å²) < 4.78 is 11.2. The minimum atomic E-state index is 0.0509. The van der Waals surface area contributed by atoms with Crippen LogP contribution in [0, 0.1) is 6.92 Å². The number of carbonyl (C=O) groups is 1. The van der Waals surface area contributed by atoms with Gasteiger partial charge in [0.15, 0.2) is 0 Å². The number of hydrogen-bond acceptors (Lipinski definition) is 4. The van der Waals surface area contributed by atoms with Gasteiger partial charge in [-0.05, 0) is 49.2 Å². The lowest BCUT2D eigenvalue weighted by molar-refractivity contribution is 0.0746. The van der Waals surface area contributed by atoms with Gasteiger partial charge >= 0.3 is 0 Å². The molecular formula is C24H31ClN2O3. The Kier molecular flexibility index (Phi) is 8.00. The molecule has 162 valence electrons. The molecule has 0 aliphatic carbocycles. The summed E-state index contributed by atoms with van der Waals surface area (Å²) in [5.74, 6) is 0.805. The fourth-order valence-electron chi connectivity index (χ4n) is 3.71. The monoisotopic (exact) mass is 430 g/mol. The number of ether oxygens (including phenoxy) is 2. The lowest BCUT2D eigenvalue weighted by atomic mass is 10.1. The third kappa shape index (κ3) is 5.46. The van der Waals surface area contributed by atoms with Crippen molar-refractivity contribution in [1.29, 1.82) is 0 Å². The van der Waals surface area contributed by atoms with Crippen LogP contribution < -0.4 is 9.64 Å². The Morgan fingerprint density at radius 1 is 1.10 bits per heavy atom. The van der Waals surface area contributed by atoms with E-state index >= 15 is 0 Å². The van der Waals surface area contributed by atoms with E-state index < -0.39 is 0 Å². The van der Waals surface area contributed by atoms with Gasteiger partial charge in [0.2, 0.25) is 0 Å². The minimum Gasteiger partial charge on any atom is -0.496 e. The second kappa shape index (κ2) is 10.7. The number of piperazine rings is 1. The van der Waals surface area contributed by atoms with Crippen LogP contribution in [0.3, 0.4) is 0 Å². The number of methoxy groups -OCH3 is 1. The summed E-state index contributed by atoms with van der Waals surface area (Å²) in [4.78, 5) is 17.3. The third-order valence-electron chi connectivity index (χ3n) is 5.51. The highest BCUT2D eigenvalue weighted by Gasteiger charge is 2.24. The maximum absolute atomic E-state index is 13.1. The Morgan fingerprint density at radius 2 is 1.87 bits per heavy atom. The lowest BCUT2D eigenvalue weighted by Gasteiger charge is -2.37. The van der Waals surface area contributed by atoms with Crippen LogP contribution in [0.25, 0.3) is 0 Å². The number of benzene rings is 2. The minimum absolute atomic E-state index is 0.0509. The van der Waals surface area contributed by atoms with E-state index in [-0.39, 0.29) is 5.91 Å².